The Balaban J connectivity index is 1.28. The van der Waals surface area contributed by atoms with E-state index in [1.807, 2.05) is 63.2 Å². The van der Waals surface area contributed by atoms with Crippen molar-refractivity contribution in [1.29, 1.82) is 0 Å². The van der Waals surface area contributed by atoms with Gasteiger partial charge in [0.1, 0.15) is 23.7 Å². The van der Waals surface area contributed by atoms with Crippen molar-refractivity contribution < 1.29 is 33.2 Å². The third-order valence-corrected chi connectivity index (χ3v) is 7.12. The topological polar surface area (TPSA) is 78.9 Å². The lowest BCUT2D eigenvalue weighted by molar-refractivity contribution is 0.0482. The lowest BCUT2D eigenvalue weighted by Gasteiger charge is -2.36. The highest BCUT2D eigenvalue weighted by Gasteiger charge is 2.20. The fourth-order valence-electron chi connectivity index (χ4n) is 5.08. The standard InChI is InChI=1S/C34H44N2O7/c1-5-39-31-23-26(24-32(40-6-2)33(31)41-7-3)25-43-29-15-10-8-13-27(29)34(37)42-22-12-17-35-18-20-36(21-19-35)28-14-9-11-16-30(28)38-4/h8-11,13-16,23-24H,5-7,12,17-22,25H2,1-4H3. The first-order valence-electron chi connectivity index (χ1n) is 15.1. The summed E-state index contributed by atoms with van der Waals surface area (Å²) in [6.07, 6.45) is 0.760. The number of piperazine rings is 1. The molecule has 1 aliphatic rings. The fraction of sp³-hybridized carbons (Fsp3) is 0.441. The molecule has 0 amide bonds. The van der Waals surface area contributed by atoms with Gasteiger partial charge in [-0.1, -0.05) is 24.3 Å². The Kier molecular flexibility index (Phi) is 12.2. The van der Waals surface area contributed by atoms with Crippen LogP contribution in [0.2, 0.25) is 0 Å². The van der Waals surface area contributed by atoms with Gasteiger partial charge in [0.05, 0.1) is 39.2 Å². The van der Waals surface area contributed by atoms with Gasteiger partial charge in [0.25, 0.3) is 0 Å². The van der Waals surface area contributed by atoms with Gasteiger partial charge in [-0.15, -0.1) is 0 Å². The smallest absolute Gasteiger partial charge is 0.341 e. The van der Waals surface area contributed by atoms with E-state index < -0.39 is 5.97 Å². The number of para-hydroxylation sites is 3. The highest BCUT2D eigenvalue weighted by Crippen LogP contribution is 2.39. The molecule has 0 bridgehead atoms. The summed E-state index contributed by atoms with van der Waals surface area (Å²) >= 11 is 0. The summed E-state index contributed by atoms with van der Waals surface area (Å²) in [5.74, 6) is 2.75. The minimum absolute atomic E-state index is 0.220. The lowest BCUT2D eigenvalue weighted by Crippen LogP contribution is -2.46. The maximum Gasteiger partial charge on any atom is 0.341 e. The Morgan fingerprint density at radius 2 is 1.37 bits per heavy atom. The molecule has 0 saturated carbocycles. The van der Waals surface area contributed by atoms with E-state index in [1.165, 1.54) is 0 Å². The van der Waals surface area contributed by atoms with E-state index >= 15 is 0 Å². The molecule has 3 aromatic carbocycles. The Hall–Kier alpha value is -4.11. The van der Waals surface area contributed by atoms with Crippen molar-refractivity contribution in [1.82, 2.24) is 4.90 Å². The molecule has 0 radical (unpaired) electrons. The van der Waals surface area contributed by atoms with Gasteiger partial charge in [-0.3, -0.25) is 4.90 Å². The summed E-state index contributed by atoms with van der Waals surface area (Å²) in [4.78, 5) is 17.8. The number of esters is 1. The van der Waals surface area contributed by atoms with Crippen LogP contribution in [0.3, 0.4) is 0 Å². The molecule has 43 heavy (non-hydrogen) atoms. The van der Waals surface area contributed by atoms with E-state index in [0.29, 0.717) is 55.0 Å². The second kappa shape index (κ2) is 16.5. The van der Waals surface area contributed by atoms with Crippen LogP contribution in [-0.2, 0) is 11.3 Å². The van der Waals surface area contributed by atoms with E-state index in [2.05, 4.69) is 15.9 Å². The number of carbonyl (C=O) groups is 1. The second-order valence-corrected chi connectivity index (χ2v) is 10.00. The highest BCUT2D eigenvalue weighted by molar-refractivity contribution is 5.92. The summed E-state index contributed by atoms with van der Waals surface area (Å²) in [6, 6.07) is 19.0. The number of ether oxygens (including phenoxy) is 6. The van der Waals surface area contributed by atoms with Crippen molar-refractivity contribution in [2.24, 2.45) is 0 Å². The third-order valence-electron chi connectivity index (χ3n) is 7.12. The lowest BCUT2D eigenvalue weighted by atomic mass is 10.1. The molecule has 9 nitrogen and oxygen atoms in total. The molecule has 0 aromatic heterocycles. The van der Waals surface area contributed by atoms with Crippen LogP contribution in [-0.4, -0.2) is 77.1 Å². The molecule has 1 aliphatic heterocycles. The van der Waals surface area contributed by atoms with Crippen molar-refractivity contribution in [2.75, 3.05) is 71.2 Å². The first-order valence-corrected chi connectivity index (χ1v) is 15.1. The number of anilines is 1. The van der Waals surface area contributed by atoms with Crippen LogP contribution >= 0.6 is 0 Å². The average molecular weight is 593 g/mol. The van der Waals surface area contributed by atoms with Crippen LogP contribution in [0.15, 0.2) is 60.7 Å². The van der Waals surface area contributed by atoms with Gasteiger partial charge in [0.15, 0.2) is 11.5 Å². The number of rotatable bonds is 16. The Morgan fingerprint density at radius 1 is 0.744 bits per heavy atom. The van der Waals surface area contributed by atoms with Crippen LogP contribution in [0.5, 0.6) is 28.7 Å². The molecule has 0 N–H and O–H groups in total. The number of carbonyl (C=O) groups excluding carboxylic acids is 1. The van der Waals surface area contributed by atoms with Crippen molar-refractivity contribution in [3.8, 4) is 28.7 Å². The van der Waals surface area contributed by atoms with Crippen LogP contribution in [0, 0.1) is 0 Å². The van der Waals surface area contributed by atoms with Gasteiger partial charge < -0.3 is 33.3 Å². The summed E-state index contributed by atoms with van der Waals surface area (Å²) in [6.45, 7) is 12.4. The molecule has 0 aliphatic carbocycles. The van der Waals surface area contributed by atoms with E-state index in [0.717, 1.165) is 56.1 Å². The van der Waals surface area contributed by atoms with Crippen LogP contribution < -0.4 is 28.6 Å². The maximum absolute atomic E-state index is 13.0. The molecular formula is C34H44N2O7. The van der Waals surface area contributed by atoms with Crippen molar-refractivity contribution in [3.05, 3.63) is 71.8 Å². The first-order chi connectivity index (χ1) is 21.1. The van der Waals surface area contributed by atoms with Gasteiger partial charge in [0.2, 0.25) is 5.75 Å². The van der Waals surface area contributed by atoms with Gasteiger partial charge >= 0.3 is 5.97 Å². The van der Waals surface area contributed by atoms with Crippen molar-refractivity contribution in [2.45, 2.75) is 33.8 Å². The number of nitrogens with zero attached hydrogens (tertiary/aromatic N) is 2. The van der Waals surface area contributed by atoms with Crippen LogP contribution in [0.25, 0.3) is 0 Å². The zero-order chi connectivity index (χ0) is 30.4. The SMILES string of the molecule is CCOc1cc(COc2ccccc2C(=O)OCCCN2CCN(c3ccccc3OC)CC2)cc(OCC)c1OCC. The van der Waals surface area contributed by atoms with Gasteiger partial charge in [-0.2, -0.15) is 0 Å². The van der Waals surface area contributed by atoms with E-state index in [9.17, 15) is 4.79 Å². The molecule has 1 heterocycles. The molecule has 232 valence electrons. The molecule has 0 spiro atoms. The van der Waals surface area contributed by atoms with Gasteiger partial charge in [-0.25, -0.2) is 4.79 Å². The zero-order valence-electron chi connectivity index (χ0n) is 25.8. The predicted molar refractivity (Wildman–Crippen MR) is 167 cm³/mol. The van der Waals surface area contributed by atoms with Crippen molar-refractivity contribution in [3.63, 3.8) is 0 Å². The second-order valence-electron chi connectivity index (χ2n) is 10.00. The van der Waals surface area contributed by atoms with E-state index in [4.69, 9.17) is 28.4 Å². The number of benzene rings is 3. The summed E-state index contributed by atoms with van der Waals surface area (Å²) in [5.41, 5.74) is 2.37. The average Bonchev–Trinajstić information content (AvgIpc) is 3.04. The van der Waals surface area contributed by atoms with E-state index in [-0.39, 0.29) is 6.61 Å². The molecular weight excluding hydrogens is 548 g/mol. The molecule has 3 aromatic rings. The Morgan fingerprint density at radius 3 is 2.02 bits per heavy atom. The number of hydrogen-bond donors (Lipinski definition) is 0. The largest absolute Gasteiger partial charge is 0.495 e. The highest BCUT2D eigenvalue weighted by atomic mass is 16.5. The molecule has 4 rings (SSSR count). The summed E-state index contributed by atoms with van der Waals surface area (Å²) < 4.78 is 34.7. The molecule has 1 fully saturated rings. The summed E-state index contributed by atoms with van der Waals surface area (Å²) in [5, 5.41) is 0. The maximum atomic E-state index is 13.0. The number of hydrogen-bond acceptors (Lipinski definition) is 9. The minimum atomic E-state index is -0.395. The van der Waals surface area contributed by atoms with Crippen LogP contribution in [0.4, 0.5) is 5.69 Å². The quantitative estimate of drug-likeness (QED) is 0.151. The Bertz CT molecular complexity index is 1280. The number of methoxy groups -OCH3 is 1. The molecule has 9 heteroatoms. The third kappa shape index (κ3) is 8.70. The normalized spacial score (nSPS) is 13.3. The molecule has 0 atom stereocenters. The fourth-order valence-corrected chi connectivity index (χ4v) is 5.08. The Labute approximate surface area is 255 Å². The molecule has 0 unspecified atom stereocenters. The monoisotopic (exact) mass is 592 g/mol. The van der Waals surface area contributed by atoms with Crippen molar-refractivity contribution >= 4 is 11.7 Å². The zero-order valence-corrected chi connectivity index (χ0v) is 25.8. The van der Waals surface area contributed by atoms with Gasteiger partial charge in [-0.05, 0) is 69.2 Å². The van der Waals surface area contributed by atoms with E-state index in [1.54, 1.807) is 19.2 Å². The molecule has 1 saturated heterocycles. The van der Waals surface area contributed by atoms with Crippen LogP contribution in [0.1, 0.15) is 43.1 Å². The summed E-state index contributed by atoms with van der Waals surface area (Å²) in [7, 11) is 1.71. The van der Waals surface area contributed by atoms with Gasteiger partial charge in [0, 0.05) is 32.7 Å². The minimum Gasteiger partial charge on any atom is -0.495 e. The first kappa shape index (κ1) is 31.8. The predicted octanol–water partition coefficient (Wildman–Crippen LogP) is 5.84.